The Kier molecular flexibility index (Phi) is 3.06. The van der Waals surface area contributed by atoms with Gasteiger partial charge < -0.3 is 15.9 Å². The van der Waals surface area contributed by atoms with E-state index in [0.717, 1.165) is 11.1 Å². The van der Waals surface area contributed by atoms with Gasteiger partial charge in [0, 0.05) is 16.7 Å². The molecule has 24 heavy (non-hydrogen) atoms. The summed E-state index contributed by atoms with van der Waals surface area (Å²) < 4.78 is 0. The largest absolute Gasteiger partial charge is 0.508 e. The van der Waals surface area contributed by atoms with Crippen LogP contribution in [0.1, 0.15) is 22.3 Å². The summed E-state index contributed by atoms with van der Waals surface area (Å²) in [5, 5.41) is 21.0. The minimum atomic E-state index is -1.07. The second-order valence-electron chi connectivity index (χ2n) is 5.79. The van der Waals surface area contributed by atoms with Gasteiger partial charge in [-0.3, -0.25) is 0 Å². The Morgan fingerprint density at radius 2 is 1.12 bits per heavy atom. The van der Waals surface area contributed by atoms with Gasteiger partial charge in [0.2, 0.25) is 0 Å². The smallest absolute Gasteiger partial charge is 0.146 e. The molecule has 0 radical (unpaired) electrons. The van der Waals surface area contributed by atoms with Crippen LogP contribution >= 0.6 is 0 Å². The number of phenolic OH excluding ortho intramolecular Hbond substituents is 2. The number of rotatable bonds is 2. The molecule has 0 saturated heterocycles. The molecule has 4 N–H and O–H groups in total. The standard InChI is InChI=1S/C20H16N2O2/c21-19-13-7-1-2-8-14(13)20(22-19,15-9-3-5-11-17(15)23)16-10-4-6-12-18(16)24/h1-12,23-24H,(H2,21,22). The molecule has 0 unspecified atom stereocenters. The van der Waals surface area contributed by atoms with Gasteiger partial charge >= 0.3 is 0 Å². The molecule has 1 aliphatic rings. The first-order valence-electron chi connectivity index (χ1n) is 7.67. The second kappa shape index (κ2) is 5.13. The molecular weight excluding hydrogens is 300 g/mol. The molecule has 0 saturated carbocycles. The van der Waals surface area contributed by atoms with Crippen molar-refractivity contribution in [2.45, 2.75) is 5.54 Å². The summed E-state index contributed by atoms with van der Waals surface area (Å²) in [6, 6.07) is 21.7. The number of fused-ring (bicyclic) bond motifs is 1. The highest BCUT2D eigenvalue weighted by atomic mass is 16.3. The number of para-hydroxylation sites is 2. The van der Waals surface area contributed by atoms with Gasteiger partial charge in [-0.15, -0.1) is 0 Å². The number of aromatic hydroxyl groups is 2. The van der Waals surface area contributed by atoms with Gasteiger partial charge in [0.1, 0.15) is 22.9 Å². The van der Waals surface area contributed by atoms with Crippen molar-refractivity contribution < 1.29 is 10.2 Å². The SMILES string of the molecule is NC1=NC(c2ccccc2O)(c2ccccc2O)c2ccccc21. The van der Waals surface area contributed by atoms with Gasteiger partial charge in [0.15, 0.2) is 0 Å². The molecule has 1 aliphatic heterocycles. The zero-order valence-corrected chi connectivity index (χ0v) is 12.8. The molecule has 0 fully saturated rings. The van der Waals surface area contributed by atoms with E-state index in [1.165, 1.54) is 0 Å². The third kappa shape index (κ3) is 1.83. The summed E-state index contributed by atoms with van der Waals surface area (Å²) >= 11 is 0. The molecule has 0 amide bonds. The highest BCUT2D eigenvalue weighted by molar-refractivity contribution is 6.03. The van der Waals surface area contributed by atoms with Crippen molar-refractivity contribution in [2.75, 3.05) is 0 Å². The number of hydrogen-bond donors (Lipinski definition) is 3. The van der Waals surface area contributed by atoms with Crippen LogP contribution in [0.4, 0.5) is 0 Å². The van der Waals surface area contributed by atoms with Crippen molar-refractivity contribution in [3.63, 3.8) is 0 Å². The van der Waals surface area contributed by atoms with Crippen molar-refractivity contribution in [1.82, 2.24) is 0 Å². The van der Waals surface area contributed by atoms with E-state index in [1.807, 2.05) is 36.4 Å². The van der Waals surface area contributed by atoms with Gasteiger partial charge in [0.05, 0.1) is 0 Å². The van der Waals surface area contributed by atoms with Gasteiger partial charge in [-0.1, -0.05) is 60.7 Å². The van der Waals surface area contributed by atoms with Crippen molar-refractivity contribution in [3.05, 3.63) is 95.1 Å². The van der Waals surface area contributed by atoms with Crippen LogP contribution in [0.5, 0.6) is 11.5 Å². The average molecular weight is 316 g/mol. The average Bonchev–Trinajstić information content (AvgIpc) is 2.90. The number of phenols is 2. The third-order valence-electron chi connectivity index (χ3n) is 4.47. The maximum atomic E-state index is 10.5. The number of nitrogens with zero attached hydrogens (tertiary/aromatic N) is 1. The van der Waals surface area contributed by atoms with Crippen LogP contribution in [0.2, 0.25) is 0 Å². The maximum absolute atomic E-state index is 10.5. The zero-order chi connectivity index (χ0) is 16.7. The highest BCUT2D eigenvalue weighted by Gasteiger charge is 2.45. The Morgan fingerprint density at radius 3 is 1.67 bits per heavy atom. The molecule has 0 aliphatic carbocycles. The topological polar surface area (TPSA) is 78.8 Å². The fourth-order valence-electron chi connectivity index (χ4n) is 3.44. The summed E-state index contributed by atoms with van der Waals surface area (Å²) in [6.07, 6.45) is 0. The number of hydrogen-bond acceptors (Lipinski definition) is 4. The molecule has 3 aromatic rings. The predicted octanol–water partition coefficient (Wildman–Crippen LogP) is 3.11. The number of benzene rings is 3. The first-order valence-corrected chi connectivity index (χ1v) is 7.67. The molecule has 0 bridgehead atoms. The van der Waals surface area contributed by atoms with Crippen LogP contribution in [0.3, 0.4) is 0 Å². The first kappa shape index (κ1) is 14.3. The second-order valence-corrected chi connectivity index (χ2v) is 5.79. The van der Waals surface area contributed by atoms with Crippen LogP contribution < -0.4 is 5.73 Å². The lowest BCUT2D eigenvalue weighted by molar-refractivity contribution is 0.440. The molecule has 0 spiro atoms. The fourth-order valence-corrected chi connectivity index (χ4v) is 3.44. The van der Waals surface area contributed by atoms with Crippen LogP contribution in [-0.4, -0.2) is 16.0 Å². The Labute approximate surface area is 139 Å². The highest BCUT2D eigenvalue weighted by Crippen LogP contribution is 2.50. The van der Waals surface area contributed by atoms with Crippen LogP contribution in [-0.2, 0) is 5.54 Å². The molecule has 1 heterocycles. The van der Waals surface area contributed by atoms with Crippen molar-refractivity contribution in [1.29, 1.82) is 0 Å². The van der Waals surface area contributed by atoms with Crippen LogP contribution in [0, 0.1) is 0 Å². The van der Waals surface area contributed by atoms with Gasteiger partial charge in [0.25, 0.3) is 0 Å². The minimum absolute atomic E-state index is 0.106. The lowest BCUT2D eigenvalue weighted by Gasteiger charge is -2.30. The molecule has 3 aromatic carbocycles. The number of aliphatic imine (C=N–C) groups is 1. The Morgan fingerprint density at radius 1 is 0.667 bits per heavy atom. The number of nitrogens with two attached hydrogens (primary N) is 1. The van der Waals surface area contributed by atoms with E-state index in [4.69, 9.17) is 10.7 Å². The summed E-state index contributed by atoms with van der Waals surface area (Å²) in [6.45, 7) is 0. The van der Waals surface area contributed by atoms with E-state index < -0.39 is 5.54 Å². The quantitative estimate of drug-likeness (QED) is 0.679. The van der Waals surface area contributed by atoms with E-state index in [0.29, 0.717) is 17.0 Å². The zero-order valence-electron chi connectivity index (χ0n) is 12.8. The van der Waals surface area contributed by atoms with E-state index >= 15 is 0 Å². The maximum Gasteiger partial charge on any atom is 0.146 e. The lowest BCUT2D eigenvalue weighted by atomic mass is 9.77. The number of amidine groups is 1. The first-order chi connectivity index (χ1) is 11.6. The van der Waals surface area contributed by atoms with Gasteiger partial charge in [-0.05, 0) is 17.7 Å². The molecular formula is C20H16N2O2. The van der Waals surface area contributed by atoms with Crippen molar-refractivity contribution >= 4 is 5.84 Å². The Bertz CT molecular complexity index is 918. The molecule has 0 atom stereocenters. The van der Waals surface area contributed by atoms with E-state index in [-0.39, 0.29) is 11.5 Å². The van der Waals surface area contributed by atoms with E-state index in [2.05, 4.69) is 0 Å². The molecule has 4 nitrogen and oxygen atoms in total. The van der Waals surface area contributed by atoms with Gasteiger partial charge in [-0.25, -0.2) is 4.99 Å². The Hall–Kier alpha value is -3.27. The molecule has 118 valence electrons. The fraction of sp³-hybridized carbons (Fsp3) is 0.0500. The summed E-state index contributed by atoms with van der Waals surface area (Å²) in [4.78, 5) is 4.72. The third-order valence-corrected chi connectivity index (χ3v) is 4.47. The summed E-state index contributed by atoms with van der Waals surface area (Å²) in [5.41, 5.74) is 7.92. The van der Waals surface area contributed by atoms with E-state index in [9.17, 15) is 10.2 Å². The predicted molar refractivity (Wildman–Crippen MR) is 93.3 cm³/mol. The molecule has 4 rings (SSSR count). The summed E-state index contributed by atoms with van der Waals surface area (Å²) in [7, 11) is 0. The van der Waals surface area contributed by atoms with Crippen LogP contribution in [0.25, 0.3) is 0 Å². The van der Waals surface area contributed by atoms with Crippen molar-refractivity contribution in [3.8, 4) is 11.5 Å². The normalized spacial score (nSPS) is 14.9. The van der Waals surface area contributed by atoms with Crippen LogP contribution in [0.15, 0.2) is 77.8 Å². The molecule has 0 aromatic heterocycles. The van der Waals surface area contributed by atoms with Crippen molar-refractivity contribution in [2.24, 2.45) is 10.7 Å². The summed E-state index contributed by atoms with van der Waals surface area (Å²) in [5.74, 6) is 0.597. The minimum Gasteiger partial charge on any atom is -0.508 e. The Balaban J connectivity index is 2.15. The van der Waals surface area contributed by atoms with E-state index in [1.54, 1.807) is 36.4 Å². The monoisotopic (exact) mass is 316 g/mol. The van der Waals surface area contributed by atoms with Gasteiger partial charge in [-0.2, -0.15) is 0 Å². The molecule has 4 heteroatoms. The lowest BCUT2D eigenvalue weighted by Crippen LogP contribution is -2.25.